The number of aromatic nitrogens is 4. The van der Waals surface area contributed by atoms with Crippen LogP contribution in [0.4, 0.5) is 5.82 Å². The fourth-order valence-electron chi connectivity index (χ4n) is 1.40. The van der Waals surface area contributed by atoms with Gasteiger partial charge in [0.15, 0.2) is 5.82 Å². The zero-order valence-electron chi connectivity index (χ0n) is 10.2. The Labute approximate surface area is 112 Å². The Hall–Kier alpha value is -2.29. The van der Waals surface area contributed by atoms with Crippen molar-refractivity contribution in [1.82, 2.24) is 19.8 Å². The number of hydrogen-bond acceptors (Lipinski definition) is 6. The van der Waals surface area contributed by atoms with Gasteiger partial charge >= 0.3 is 5.97 Å². The summed E-state index contributed by atoms with van der Waals surface area (Å²) in [6, 6.07) is 1.24. The van der Waals surface area contributed by atoms with E-state index in [1.54, 1.807) is 0 Å². The minimum Gasteiger partial charge on any atom is -0.477 e. The Morgan fingerprint density at radius 2 is 2.21 bits per heavy atom. The van der Waals surface area contributed by atoms with E-state index in [1.165, 1.54) is 6.07 Å². The van der Waals surface area contributed by atoms with Crippen molar-refractivity contribution in [2.24, 2.45) is 0 Å². The second-order valence-corrected chi connectivity index (χ2v) is 4.82. The van der Waals surface area contributed by atoms with E-state index in [1.807, 2.05) is 13.8 Å². The fraction of sp³-hybridized carbons (Fsp3) is 0.300. The molecule has 2 aromatic rings. The van der Waals surface area contributed by atoms with Crippen molar-refractivity contribution in [2.75, 3.05) is 5.32 Å². The van der Waals surface area contributed by atoms with Crippen LogP contribution in [0.25, 0.3) is 0 Å². The molecule has 2 heterocycles. The molecule has 19 heavy (non-hydrogen) atoms. The summed E-state index contributed by atoms with van der Waals surface area (Å²) in [4.78, 5) is 23.1. The average molecular weight is 281 g/mol. The van der Waals surface area contributed by atoms with Crippen molar-refractivity contribution in [3.8, 4) is 0 Å². The van der Waals surface area contributed by atoms with Crippen LogP contribution in [0.3, 0.4) is 0 Å². The van der Waals surface area contributed by atoms with Gasteiger partial charge in [-0.25, -0.2) is 4.79 Å². The molecule has 3 N–H and O–H groups in total. The molecule has 100 valence electrons. The van der Waals surface area contributed by atoms with Crippen molar-refractivity contribution >= 4 is 29.2 Å². The Morgan fingerprint density at radius 3 is 2.79 bits per heavy atom. The van der Waals surface area contributed by atoms with Crippen molar-refractivity contribution in [2.45, 2.75) is 19.8 Å². The van der Waals surface area contributed by atoms with Crippen molar-refractivity contribution in [3.63, 3.8) is 0 Å². The van der Waals surface area contributed by atoms with Gasteiger partial charge in [-0.05, 0) is 17.5 Å². The number of rotatable bonds is 4. The van der Waals surface area contributed by atoms with Crippen LogP contribution in [0, 0.1) is 0 Å². The first-order chi connectivity index (χ1) is 8.99. The normalized spacial score (nSPS) is 10.7. The lowest BCUT2D eigenvalue weighted by molar-refractivity contribution is 0.0690. The summed E-state index contributed by atoms with van der Waals surface area (Å²) in [6.45, 7) is 3.81. The van der Waals surface area contributed by atoms with E-state index in [0.717, 1.165) is 11.5 Å². The van der Waals surface area contributed by atoms with Gasteiger partial charge in [-0.2, -0.15) is 5.10 Å². The second kappa shape index (κ2) is 5.14. The molecule has 0 radical (unpaired) electrons. The number of H-pyrrole nitrogens is 1. The first kappa shape index (κ1) is 13.1. The first-order valence-corrected chi connectivity index (χ1v) is 6.18. The maximum atomic E-state index is 12.0. The van der Waals surface area contributed by atoms with Crippen molar-refractivity contribution in [1.29, 1.82) is 0 Å². The number of carbonyl (C=O) groups is 2. The van der Waals surface area contributed by atoms with Crippen LogP contribution in [-0.4, -0.2) is 36.8 Å². The van der Waals surface area contributed by atoms with E-state index in [9.17, 15) is 9.59 Å². The molecule has 0 fully saturated rings. The van der Waals surface area contributed by atoms with Crippen molar-refractivity contribution in [3.05, 3.63) is 22.3 Å². The molecule has 1 amide bonds. The SMILES string of the molecule is CC(C)c1nnsc1C(=O)Nc1cc(C(=O)O)[nH]n1. The van der Waals surface area contributed by atoms with Gasteiger partial charge in [-0.3, -0.25) is 9.89 Å². The minimum absolute atomic E-state index is 0.0771. The van der Waals surface area contributed by atoms with Gasteiger partial charge in [0.1, 0.15) is 10.6 Å². The van der Waals surface area contributed by atoms with Crippen LogP contribution < -0.4 is 5.32 Å². The number of anilines is 1. The molecule has 0 aliphatic rings. The van der Waals surface area contributed by atoms with E-state index in [-0.39, 0.29) is 17.4 Å². The quantitative estimate of drug-likeness (QED) is 0.777. The molecule has 2 aromatic heterocycles. The number of aromatic amines is 1. The predicted molar refractivity (Wildman–Crippen MR) is 67.5 cm³/mol. The molecular formula is C10H11N5O3S. The molecule has 0 unspecified atom stereocenters. The minimum atomic E-state index is -1.14. The second-order valence-electron chi connectivity index (χ2n) is 4.07. The summed E-state index contributed by atoms with van der Waals surface area (Å²) in [6.07, 6.45) is 0. The molecule has 0 spiro atoms. The van der Waals surface area contributed by atoms with Crippen LogP contribution in [0.1, 0.15) is 45.6 Å². The van der Waals surface area contributed by atoms with Crippen LogP contribution in [0.5, 0.6) is 0 Å². The van der Waals surface area contributed by atoms with E-state index in [0.29, 0.717) is 10.6 Å². The maximum absolute atomic E-state index is 12.0. The predicted octanol–water partition coefficient (Wildman–Crippen LogP) is 1.34. The smallest absolute Gasteiger partial charge is 0.353 e. The number of hydrogen-bond donors (Lipinski definition) is 3. The molecule has 9 heteroatoms. The third-order valence-corrected chi connectivity index (χ3v) is 3.06. The van der Waals surface area contributed by atoms with Crippen LogP contribution in [-0.2, 0) is 0 Å². The summed E-state index contributed by atoms with van der Waals surface area (Å²) < 4.78 is 3.75. The molecule has 0 saturated carbocycles. The largest absolute Gasteiger partial charge is 0.477 e. The Bertz CT molecular complexity index is 618. The third kappa shape index (κ3) is 2.76. The van der Waals surface area contributed by atoms with E-state index < -0.39 is 11.9 Å². The number of nitrogens with one attached hydrogen (secondary N) is 2. The monoisotopic (exact) mass is 281 g/mol. The lowest BCUT2D eigenvalue weighted by atomic mass is 10.1. The highest BCUT2D eigenvalue weighted by molar-refractivity contribution is 7.08. The Kier molecular flexibility index (Phi) is 3.56. The molecule has 0 atom stereocenters. The first-order valence-electron chi connectivity index (χ1n) is 5.41. The molecule has 0 aliphatic heterocycles. The zero-order valence-corrected chi connectivity index (χ0v) is 11.0. The fourth-order valence-corrected chi connectivity index (χ4v) is 2.12. The van der Waals surface area contributed by atoms with Gasteiger partial charge in [0.2, 0.25) is 0 Å². The zero-order chi connectivity index (χ0) is 14.0. The number of amides is 1. The van der Waals surface area contributed by atoms with Gasteiger partial charge < -0.3 is 10.4 Å². The van der Waals surface area contributed by atoms with Crippen molar-refractivity contribution < 1.29 is 14.7 Å². The maximum Gasteiger partial charge on any atom is 0.353 e. The van der Waals surface area contributed by atoms with Gasteiger partial charge in [0, 0.05) is 6.07 Å². The number of carbonyl (C=O) groups excluding carboxylic acids is 1. The highest BCUT2D eigenvalue weighted by Crippen LogP contribution is 2.20. The summed E-state index contributed by atoms with van der Waals surface area (Å²) in [5, 5.41) is 21.1. The third-order valence-electron chi connectivity index (χ3n) is 2.32. The van der Waals surface area contributed by atoms with Gasteiger partial charge in [-0.15, -0.1) is 5.10 Å². The molecular weight excluding hydrogens is 270 g/mol. The Morgan fingerprint density at radius 1 is 1.47 bits per heavy atom. The summed E-state index contributed by atoms with van der Waals surface area (Å²) in [5.74, 6) is -1.32. The summed E-state index contributed by atoms with van der Waals surface area (Å²) >= 11 is 0.991. The average Bonchev–Trinajstić information content (AvgIpc) is 2.96. The van der Waals surface area contributed by atoms with Crippen LogP contribution in [0.2, 0.25) is 0 Å². The van der Waals surface area contributed by atoms with E-state index >= 15 is 0 Å². The lowest BCUT2D eigenvalue weighted by Crippen LogP contribution is -2.13. The molecule has 0 aromatic carbocycles. The van der Waals surface area contributed by atoms with E-state index in [2.05, 4.69) is 25.1 Å². The standard InChI is InChI=1S/C10H11N5O3S/c1-4(2)7-8(19-15-14-7)9(16)11-6-3-5(10(17)18)12-13-6/h3-4H,1-2H3,(H,17,18)(H2,11,12,13,16). The van der Waals surface area contributed by atoms with Crippen LogP contribution >= 0.6 is 11.5 Å². The molecule has 0 saturated heterocycles. The molecule has 8 nitrogen and oxygen atoms in total. The molecule has 0 bridgehead atoms. The molecule has 0 aliphatic carbocycles. The topological polar surface area (TPSA) is 121 Å². The van der Waals surface area contributed by atoms with Gasteiger partial charge in [0.25, 0.3) is 5.91 Å². The van der Waals surface area contributed by atoms with Gasteiger partial charge in [0.05, 0.1) is 5.69 Å². The highest BCUT2D eigenvalue weighted by Gasteiger charge is 2.19. The number of nitrogens with zero attached hydrogens (tertiary/aromatic N) is 3. The van der Waals surface area contributed by atoms with Crippen LogP contribution in [0.15, 0.2) is 6.07 Å². The van der Waals surface area contributed by atoms with E-state index in [4.69, 9.17) is 5.11 Å². The number of carboxylic acids is 1. The lowest BCUT2D eigenvalue weighted by Gasteiger charge is -2.03. The number of aromatic carboxylic acids is 1. The molecule has 2 rings (SSSR count). The highest BCUT2D eigenvalue weighted by atomic mass is 32.1. The summed E-state index contributed by atoms with van der Waals surface area (Å²) in [7, 11) is 0. The Balaban J connectivity index is 2.16. The number of carboxylic acid groups (broad SMARTS) is 1. The summed E-state index contributed by atoms with van der Waals surface area (Å²) in [5.41, 5.74) is 0.512. The van der Waals surface area contributed by atoms with Gasteiger partial charge in [-0.1, -0.05) is 18.3 Å².